The van der Waals surface area contributed by atoms with E-state index < -0.39 is 0 Å². The minimum atomic E-state index is -0.324. The number of Topliss-reactive ketones (excluding diaryl/α,β-unsaturated/α-hetero) is 1. The molecule has 1 aromatic carbocycles. The van der Waals surface area contributed by atoms with Crippen LogP contribution in [0.3, 0.4) is 0 Å². The Labute approximate surface area is 159 Å². The highest BCUT2D eigenvalue weighted by Crippen LogP contribution is 2.36. The molecule has 0 fully saturated rings. The summed E-state index contributed by atoms with van der Waals surface area (Å²) in [5.74, 6) is 0.996. The molecule has 0 saturated carbocycles. The highest BCUT2D eigenvalue weighted by atomic mass is 32.1. The number of anilines is 1. The number of aryl methyl sites for hydroxylation is 1. The molecule has 1 aliphatic rings. The summed E-state index contributed by atoms with van der Waals surface area (Å²) in [6.07, 6.45) is 0. The molecule has 27 heavy (non-hydrogen) atoms. The number of ether oxygens (including phenoxy) is 2. The monoisotopic (exact) mass is 383 g/mol. The molecule has 0 saturated heterocycles. The number of ketones is 1. The molecule has 3 heterocycles. The van der Waals surface area contributed by atoms with Gasteiger partial charge in [0.1, 0.15) is 5.69 Å². The summed E-state index contributed by atoms with van der Waals surface area (Å²) in [5.41, 5.74) is 3.87. The van der Waals surface area contributed by atoms with Crippen LogP contribution in [0.4, 0.5) is 5.13 Å². The quantitative estimate of drug-likeness (QED) is 0.666. The first-order valence-electron chi connectivity index (χ1n) is 8.31. The van der Waals surface area contributed by atoms with Crippen molar-refractivity contribution in [2.24, 2.45) is 0 Å². The van der Waals surface area contributed by atoms with Gasteiger partial charge in [-0.1, -0.05) is 0 Å². The van der Waals surface area contributed by atoms with E-state index in [1.54, 1.807) is 13.8 Å². The van der Waals surface area contributed by atoms with E-state index in [0.29, 0.717) is 39.1 Å². The number of H-pyrrole nitrogens is 1. The Morgan fingerprint density at radius 1 is 1.22 bits per heavy atom. The molecule has 0 bridgehead atoms. The molecular formula is C19H17N3O4S. The van der Waals surface area contributed by atoms with Crippen LogP contribution in [0.15, 0.2) is 23.6 Å². The van der Waals surface area contributed by atoms with E-state index in [1.807, 2.05) is 23.6 Å². The third-order valence-corrected chi connectivity index (χ3v) is 5.17. The predicted molar refractivity (Wildman–Crippen MR) is 102 cm³/mol. The number of aromatic amines is 1. The predicted octanol–water partition coefficient (Wildman–Crippen LogP) is 3.94. The van der Waals surface area contributed by atoms with Gasteiger partial charge in [-0.25, -0.2) is 4.98 Å². The van der Waals surface area contributed by atoms with Crippen LogP contribution in [0.1, 0.15) is 39.0 Å². The van der Waals surface area contributed by atoms with Crippen molar-refractivity contribution in [3.8, 4) is 22.8 Å². The third kappa shape index (κ3) is 3.08. The van der Waals surface area contributed by atoms with Crippen LogP contribution in [0.5, 0.6) is 11.5 Å². The first-order valence-corrected chi connectivity index (χ1v) is 9.19. The van der Waals surface area contributed by atoms with Gasteiger partial charge in [0.05, 0.1) is 5.69 Å². The Kier molecular flexibility index (Phi) is 4.19. The van der Waals surface area contributed by atoms with Crippen LogP contribution in [0, 0.1) is 13.8 Å². The number of hydrogen-bond donors (Lipinski definition) is 2. The molecule has 1 amide bonds. The van der Waals surface area contributed by atoms with Crippen molar-refractivity contribution < 1.29 is 19.1 Å². The fourth-order valence-corrected chi connectivity index (χ4v) is 3.90. The summed E-state index contributed by atoms with van der Waals surface area (Å²) in [6, 6.07) is 5.59. The molecule has 7 nitrogen and oxygen atoms in total. The second-order valence-electron chi connectivity index (χ2n) is 6.24. The summed E-state index contributed by atoms with van der Waals surface area (Å²) in [4.78, 5) is 31.8. The molecule has 0 aliphatic carbocycles. The van der Waals surface area contributed by atoms with E-state index in [4.69, 9.17) is 9.47 Å². The average molecular weight is 383 g/mol. The van der Waals surface area contributed by atoms with Gasteiger partial charge < -0.3 is 14.5 Å². The van der Waals surface area contributed by atoms with Gasteiger partial charge in [0.15, 0.2) is 22.4 Å². The lowest BCUT2D eigenvalue weighted by Crippen LogP contribution is -2.13. The van der Waals surface area contributed by atoms with E-state index >= 15 is 0 Å². The Morgan fingerprint density at radius 2 is 2.00 bits per heavy atom. The van der Waals surface area contributed by atoms with Gasteiger partial charge in [-0.2, -0.15) is 0 Å². The Hall–Kier alpha value is -3.13. The lowest BCUT2D eigenvalue weighted by molar-refractivity contribution is 0.101. The van der Waals surface area contributed by atoms with Crippen molar-refractivity contribution in [3.63, 3.8) is 0 Å². The maximum atomic E-state index is 12.6. The zero-order valence-corrected chi connectivity index (χ0v) is 15.8. The first-order chi connectivity index (χ1) is 12.9. The number of amides is 1. The Balaban J connectivity index is 1.55. The largest absolute Gasteiger partial charge is 0.454 e. The van der Waals surface area contributed by atoms with Crippen molar-refractivity contribution in [2.45, 2.75) is 20.8 Å². The number of nitrogens with zero attached hydrogens (tertiary/aromatic N) is 1. The molecule has 0 atom stereocenters. The van der Waals surface area contributed by atoms with Crippen molar-refractivity contribution in [1.82, 2.24) is 9.97 Å². The van der Waals surface area contributed by atoms with E-state index in [2.05, 4.69) is 15.3 Å². The topological polar surface area (TPSA) is 93.3 Å². The second-order valence-corrected chi connectivity index (χ2v) is 7.10. The number of nitrogens with one attached hydrogen (secondary N) is 2. The third-order valence-electron chi connectivity index (χ3n) is 4.41. The molecule has 0 spiro atoms. The lowest BCUT2D eigenvalue weighted by atomic mass is 10.1. The van der Waals surface area contributed by atoms with Crippen LogP contribution in [-0.4, -0.2) is 28.5 Å². The summed E-state index contributed by atoms with van der Waals surface area (Å²) in [7, 11) is 0. The lowest BCUT2D eigenvalue weighted by Gasteiger charge is -2.02. The average Bonchev–Trinajstić information content (AvgIpc) is 3.32. The highest BCUT2D eigenvalue weighted by molar-refractivity contribution is 7.14. The number of carbonyl (C=O) groups excluding carboxylic acids is 2. The van der Waals surface area contributed by atoms with E-state index in [0.717, 1.165) is 11.3 Å². The smallest absolute Gasteiger partial charge is 0.274 e. The van der Waals surface area contributed by atoms with Gasteiger partial charge in [0, 0.05) is 22.2 Å². The van der Waals surface area contributed by atoms with Crippen molar-refractivity contribution in [2.75, 3.05) is 12.1 Å². The zero-order valence-electron chi connectivity index (χ0n) is 15.0. The van der Waals surface area contributed by atoms with Crippen molar-refractivity contribution >= 4 is 28.2 Å². The van der Waals surface area contributed by atoms with Crippen LogP contribution in [0.25, 0.3) is 11.3 Å². The zero-order chi connectivity index (χ0) is 19.1. The Bertz CT molecular complexity index is 1070. The van der Waals surface area contributed by atoms with E-state index in [9.17, 15) is 9.59 Å². The maximum Gasteiger partial charge on any atom is 0.274 e. The fourth-order valence-electron chi connectivity index (χ4n) is 3.18. The van der Waals surface area contributed by atoms with Crippen molar-refractivity contribution in [1.29, 1.82) is 0 Å². The minimum absolute atomic E-state index is 0.0698. The van der Waals surface area contributed by atoms with Gasteiger partial charge in [-0.05, 0) is 44.5 Å². The van der Waals surface area contributed by atoms with Crippen LogP contribution >= 0.6 is 11.3 Å². The number of thiazole rings is 1. The first kappa shape index (κ1) is 17.3. The highest BCUT2D eigenvalue weighted by Gasteiger charge is 2.21. The van der Waals surface area contributed by atoms with Crippen molar-refractivity contribution in [3.05, 3.63) is 46.1 Å². The molecule has 2 N–H and O–H groups in total. The maximum absolute atomic E-state index is 12.6. The number of benzene rings is 1. The minimum Gasteiger partial charge on any atom is -0.454 e. The number of carbonyl (C=O) groups is 2. The molecule has 4 rings (SSSR count). The summed E-state index contributed by atoms with van der Waals surface area (Å²) >= 11 is 1.33. The van der Waals surface area contributed by atoms with Gasteiger partial charge >= 0.3 is 0 Å². The standard InChI is InChI=1S/C19H17N3O4S/c1-9-16(11(3)23)10(2)20-17(9)18(24)22-19-21-13(7-27-19)12-4-5-14-15(6-12)26-8-25-14/h4-7,20H,8H2,1-3H3,(H,21,22,24). The van der Waals surface area contributed by atoms with E-state index in [1.165, 1.54) is 18.3 Å². The summed E-state index contributed by atoms with van der Waals surface area (Å²) in [5, 5.41) is 5.13. The van der Waals surface area contributed by atoms with Gasteiger partial charge in [0.25, 0.3) is 5.91 Å². The number of rotatable bonds is 4. The normalized spacial score (nSPS) is 12.3. The van der Waals surface area contributed by atoms with Crippen LogP contribution < -0.4 is 14.8 Å². The number of aromatic nitrogens is 2. The summed E-state index contributed by atoms with van der Waals surface area (Å²) in [6.45, 7) is 5.24. The van der Waals surface area contributed by atoms with Crippen LogP contribution in [0.2, 0.25) is 0 Å². The number of hydrogen-bond acceptors (Lipinski definition) is 6. The SMILES string of the molecule is CC(=O)c1c(C)[nH]c(C(=O)Nc2nc(-c3ccc4c(c3)OCO4)cs2)c1C. The summed E-state index contributed by atoms with van der Waals surface area (Å²) < 4.78 is 10.7. The van der Waals surface area contributed by atoms with Crippen LogP contribution in [-0.2, 0) is 0 Å². The molecule has 3 aromatic rings. The molecule has 2 aromatic heterocycles. The molecule has 0 unspecified atom stereocenters. The number of fused-ring (bicyclic) bond motifs is 1. The van der Waals surface area contributed by atoms with Gasteiger partial charge in [-0.3, -0.25) is 14.9 Å². The second kappa shape index (κ2) is 6.55. The molecule has 138 valence electrons. The van der Waals surface area contributed by atoms with E-state index in [-0.39, 0.29) is 18.5 Å². The fraction of sp³-hybridized carbons (Fsp3) is 0.211. The van der Waals surface area contributed by atoms with Gasteiger partial charge in [0.2, 0.25) is 6.79 Å². The molecule has 8 heteroatoms. The molecule has 0 radical (unpaired) electrons. The molecular weight excluding hydrogens is 366 g/mol. The molecule has 1 aliphatic heterocycles. The van der Waals surface area contributed by atoms with Gasteiger partial charge in [-0.15, -0.1) is 11.3 Å². The Morgan fingerprint density at radius 3 is 2.74 bits per heavy atom.